The van der Waals surface area contributed by atoms with Gasteiger partial charge in [0.1, 0.15) is 0 Å². The van der Waals surface area contributed by atoms with Crippen molar-refractivity contribution >= 4 is 47.3 Å². The van der Waals surface area contributed by atoms with Crippen LogP contribution in [-0.2, 0) is 26.7 Å². The standard InChI is InChI=1S/C34H36N4O6.Cu.3Na/c1-7-19-15(3)23-12-25-17(5)21(9-10-29(39)40)32(37-25)22(11-30(41)42)33-31(34(43)44)18(6)26(38-33)14-28-20(8-2)16(4)24(36-28)13-27(19)35-23;;;;/h7,12-14,17,21H,1,8-11H2,2-6H3,(H5,35,36,37,38,39,40,41,42,43,44);;;;/q;;3*+1/p-3. The number of hydrogen-bond donors (Lipinski definition) is 2. The van der Waals surface area contributed by atoms with Crippen molar-refractivity contribution in [3.63, 3.8) is 0 Å². The van der Waals surface area contributed by atoms with Crippen LogP contribution in [0.2, 0.25) is 0 Å². The molecule has 0 aromatic carbocycles. The summed E-state index contributed by atoms with van der Waals surface area (Å²) in [6, 6.07) is 0. The molecule has 5 rings (SSSR count). The van der Waals surface area contributed by atoms with E-state index in [2.05, 4.69) is 11.6 Å². The van der Waals surface area contributed by atoms with Crippen LogP contribution in [0.3, 0.4) is 0 Å². The molecule has 239 valence electrons. The third-order valence-corrected chi connectivity index (χ3v) is 8.78. The largest absolute Gasteiger partial charge is 1.00 e. The quantitative estimate of drug-likeness (QED) is 0.208. The summed E-state index contributed by atoms with van der Waals surface area (Å²) in [6.45, 7) is 13.4. The summed E-state index contributed by atoms with van der Waals surface area (Å²) in [5.74, 6) is -4.53. The number of allylic oxidation sites excluding steroid dienone is 6. The molecule has 4 aliphatic heterocycles. The fourth-order valence-corrected chi connectivity index (χ4v) is 6.35. The van der Waals surface area contributed by atoms with Crippen LogP contribution in [0.4, 0.5) is 0 Å². The molecule has 5 heterocycles. The van der Waals surface area contributed by atoms with Gasteiger partial charge in [0.15, 0.2) is 0 Å². The Hall–Kier alpha value is -1.47. The van der Waals surface area contributed by atoms with Gasteiger partial charge in [-0.15, -0.1) is 10.7 Å². The summed E-state index contributed by atoms with van der Waals surface area (Å²) in [5, 5.41) is 45.9. The first kappa shape index (κ1) is 44.6. The molecular formula is C34H33CuN4Na3O6. The SMILES string of the molecule is C=Cc1c(C)c2[n-]c1=CC1=NC(=CC3=C(C)C(=C([O-])[O-])C(=N3)C(CC(=O)O)=C3N=C(C=2)C(C)C3CCC(=O)O)C(CC)=C1C.[Cu].[Na+].[Na+].[Na+]. The van der Waals surface area contributed by atoms with Gasteiger partial charge in [0.05, 0.1) is 34.9 Å². The first-order valence-electron chi connectivity index (χ1n) is 14.5. The third kappa shape index (κ3) is 8.52. The molecule has 0 aliphatic carbocycles. The van der Waals surface area contributed by atoms with Crippen molar-refractivity contribution in [1.29, 1.82) is 0 Å². The fraction of sp³-hybridized carbons (Fsp3) is 0.324. The maximum Gasteiger partial charge on any atom is 1.00 e. The first-order valence-corrected chi connectivity index (χ1v) is 14.5. The van der Waals surface area contributed by atoms with Crippen LogP contribution < -0.4 is 115 Å². The Bertz CT molecular complexity index is 1920. The number of aliphatic carboxylic acids is 2. The van der Waals surface area contributed by atoms with Crippen molar-refractivity contribution in [2.75, 3.05) is 0 Å². The zero-order valence-electron chi connectivity index (χ0n) is 28.6. The second-order valence-electron chi connectivity index (χ2n) is 11.3. The van der Waals surface area contributed by atoms with E-state index in [1.807, 2.05) is 39.8 Å². The smallest absolute Gasteiger partial charge is 0.883 e. The van der Waals surface area contributed by atoms with Crippen LogP contribution in [0.1, 0.15) is 64.5 Å². The number of aliphatic imine (C=N–C) groups is 3. The van der Waals surface area contributed by atoms with E-state index < -0.39 is 30.2 Å². The minimum atomic E-state index is -1.49. The molecule has 2 atom stereocenters. The normalized spacial score (nSPS) is 19.3. The number of carboxylic acid groups (broad SMARTS) is 2. The van der Waals surface area contributed by atoms with Crippen LogP contribution in [0, 0.1) is 18.8 Å². The van der Waals surface area contributed by atoms with Gasteiger partial charge in [-0.1, -0.05) is 44.2 Å². The van der Waals surface area contributed by atoms with Crippen LogP contribution in [0.15, 0.2) is 78.5 Å². The van der Waals surface area contributed by atoms with Crippen molar-refractivity contribution in [2.24, 2.45) is 26.8 Å². The third-order valence-electron chi connectivity index (χ3n) is 8.78. The summed E-state index contributed by atoms with van der Waals surface area (Å²) in [6.07, 6.45) is 7.28. The van der Waals surface area contributed by atoms with Crippen molar-refractivity contribution in [2.45, 2.75) is 60.3 Å². The fourth-order valence-electron chi connectivity index (χ4n) is 6.35. The van der Waals surface area contributed by atoms with E-state index in [-0.39, 0.29) is 141 Å². The molecule has 0 amide bonds. The van der Waals surface area contributed by atoms with Crippen LogP contribution in [0.5, 0.6) is 0 Å². The van der Waals surface area contributed by atoms with Gasteiger partial charge in [-0.05, 0) is 67.5 Å². The van der Waals surface area contributed by atoms with Crippen molar-refractivity contribution in [3.05, 3.63) is 85.4 Å². The molecule has 8 bridgehead atoms. The summed E-state index contributed by atoms with van der Waals surface area (Å²) >= 11 is 0. The van der Waals surface area contributed by atoms with E-state index in [0.29, 0.717) is 51.2 Å². The Labute approximate surface area is 356 Å². The molecule has 14 heteroatoms. The van der Waals surface area contributed by atoms with Gasteiger partial charge in [0.2, 0.25) is 0 Å². The minimum Gasteiger partial charge on any atom is -0.883 e. The first-order chi connectivity index (χ1) is 20.9. The number of carbonyl (C=O) groups is 2. The number of fused-ring (bicyclic) bond motifs is 5. The molecule has 4 aliphatic rings. The summed E-state index contributed by atoms with van der Waals surface area (Å²) in [5.41, 5.74) is 6.37. The molecule has 48 heavy (non-hydrogen) atoms. The molecule has 10 nitrogen and oxygen atoms in total. The molecule has 0 saturated heterocycles. The Morgan fingerprint density at radius 1 is 0.958 bits per heavy atom. The summed E-state index contributed by atoms with van der Waals surface area (Å²) in [4.78, 5) is 43.2. The zero-order chi connectivity index (χ0) is 32.0. The van der Waals surface area contributed by atoms with Crippen LogP contribution in [0.25, 0.3) is 18.2 Å². The number of carboxylic acids is 2. The molecule has 2 N–H and O–H groups in total. The van der Waals surface area contributed by atoms with Crippen LogP contribution >= 0.6 is 0 Å². The average molecular weight is 726 g/mol. The molecule has 0 saturated carbocycles. The van der Waals surface area contributed by atoms with Crippen molar-refractivity contribution in [3.8, 4) is 0 Å². The van der Waals surface area contributed by atoms with Gasteiger partial charge < -0.3 is 25.4 Å². The van der Waals surface area contributed by atoms with Crippen molar-refractivity contribution < 1.29 is 136 Å². The summed E-state index contributed by atoms with van der Waals surface area (Å²) < 4.78 is 0. The van der Waals surface area contributed by atoms with E-state index >= 15 is 0 Å². The van der Waals surface area contributed by atoms with Gasteiger partial charge in [-0.3, -0.25) is 14.6 Å². The monoisotopic (exact) mass is 725 g/mol. The number of aromatic nitrogens is 1. The Morgan fingerprint density at radius 3 is 2.19 bits per heavy atom. The Kier molecular flexibility index (Phi) is 16.8. The van der Waals surface area contributed by atoms with E-state index in [9.17, 15) is 30.0 Å². The molecule has 0 fully saturated rings. The zero-order valence-corrected chi connectivity index (χ0v) is 35.6. The predicted octanol–water partition coefficient (Wildman–Crippen LogP) is -6.79. The molecule has 1 aromatic rings. The second kappa shape index (κ2) is 18.1. The van der Waals surface area contributed by atoms with E-state index in [4.69, 9.17) is 15.0 Å². The van der Waals surface area contributed by atoms with Crippen molar-refractivity contribution in [1.82, 2.24) is 4.98 Å². The van der Waals surface area contributed by atoms with E-state index in [1.165, 1.54) is 0 Å². The molecule has 1 radical (unpaired) electrons. The average Bonchev–Trinajstić information content (AvgIpc) is 3.63. The molecule has 1 aromatic heterocycles. The van der Waals surface area contributed by atoms with Gasteiger partial charge in [0, 0.05) is 46.6 Å². The number of nitrogens with zero attached hydrogens (tertiary/aromatic N) is 4. The van der Waals surface area contributed by atoms with Gasteiger partial charge in [0.25, 0.3) is 0 Å². The molecule has 2 unspecified atom stereocenters. The van der Waals surface area contributed by atoms with E-state index in [0.717, 1.165) is 22.3 Å². The molecule has 0 spiro atoms. The van der Waals surface area contributed by atoms with E-state index in [1.54, 1.807) is 19.1 Å². The number of rotatable bonds is 7. The molecular weight excluding hydrogens is 693 g/mol. The van der Waals surface area contributed by atoms with Gasteiger partial charge >= 0.3 is 101 Å². The van der Waals surface area contributed by atoms with Gasteiger partial charge in [-0.25, -0.2) is 9.98 Å². The van der Waals surface area contributed by atoms with Crippen LogP contribution in [-0.4, -0.2) is 39.3 Å². The van der Waals surface area contributed by atoms with Gasteiger partial charge in [-0.2, -0.15) is 5.95 Å². The Balaban J connectivity index is 0.00000288. The maximum absolute atomic E-state index is 12.6. The number of hydrogen-bond acceptors (Lipinski definition) is 7. The maximum atomic E-state index is 12.6. The summed E-state index contributed by atoms with van der Waals surface area (Å²) in [7, 11) is 0. The predicted molar refractivity (Wildman–Crippen MR) is 165 cm³/mol. The minimum absolute atomic E-state index is 0. The second-order valence-corrected chi connectivity index (χ2v) is 11.3. The Morgan fingerprint density at radius 2 is 1.62 bits per heavy atom. The topological polar surface area (TPSA) is 172 Å².